The molecule has 2 unspecified atom stereocenters. The van der Waals surface area contributed by atoms with Crippen molar-refractivity contribution in [2.45, 2.75) is 65.6 Å². The molecule has 2 bridgehead atoms. The van der Waals surface area contributed by atoms with Crippen molar-refractivity contribution in [2.75, 3.05) is 0 Å². The first kappa shape index (κ1) is 12.4. The molecule has 0 aromatic carbocycles. The molecule has 2 heteroatoms. The first-order chi connectivity index (χ1) is 7.18. The van der Waals surface area contributed by atoms with Crippen LogP contribution in [0.2, 0.25) is 0 Å². The molecule has 0 aliphatic heterocycles. The van der Waals surface area contributed by atoms with Crippen LogP contribution in [0.3, 0.4) is 0 Å². The topological polar surface area (TPSA) is 40.5 Å². The summed E-state index contributed by atoms with van der Waals surface area (Å²) in [7, 11) is 0. The molecule has 2 aliphatic carbocycles. The summed E-state index contributed by atoms with van der Waals surface area (Å²) in [6, 6.07) is 0. The second-order valence-corrected chi connectivity index (χ2v) is 6.97. The van der Waals surface area contributed by atoms with E-state index in [1.807, 2.05) is 13.8 Å². The van der Waals surface area contributed by atoms with E-state index >= 15 is 0 Å². The molecule has 0 aromatic rings. The Hall–Kier alpha value is -0.0800. The molecule has 0 heterocycles. The predicted molar refractivity (Wildman–Crippen MR) is 65.0 cm³/mol. The van der Waals surface area contributed by atoms with E-state index in [2.05, 4.69) is 20.8 Å². The lowest BCUT2D eigenvalue weighted by Crippen LogP contribution is -2.47. The molecule has 2 nitrogen and oxygen atoms in total. The normalized spacial score (nSPS) is 49.3. The monoisotopic (exact) mass is 226 g/mol. The van der Waals surface area contributed by atoms with Crippen LogP contribution in [-0.4, -0.2) is 21.9 Å². The lowest BCUT2D eigenvalue weighted by molar-refractivity contribution is -0.0994. The second-order valence-electron chi connectivity index (χ2n) is 6.97. The third-order valence-electron chi connectivity index (χ3n) is 6.23. The van der Waals surface area contributed by atoms with Gasteiger partial charge < -0.3 is 10.2 Å². The number of rotatable bonds is 2. The highest BCUT2D eigenvalue weighted by molar-refractivity contribution is 5.17. The van der Waals surface area contributed by atoms with E-state index in [9.17, 15) is 10.2 Å². The number of hydrogen-bond donors (Lipinski definition) is 2. The lowest BCUT2D eigenvalue weighted by atomic mass is 9.69. The van der Waals surface area contributed by atoms with E-state index < -0.39 is 5.60 Å². The first-order valence-corrected chi connectivity index (χ1v) is 6.59. The molecular weight excluding hydrogens is 200 g/mol. The highest BCUT2D eigenvalue weighted by Crippen LogP contribution is 2.69. The van der Waals surface area contributed by atoms with Crippen LogP contribution >= 0.6 is 0 Å². The van der Waals surface area contributed by atoms with Crippen LogP contribution in [-0.2, 0) is 0 Å². The Morgan fingerprint density at radius 1 is 1.31 bits per heavy atom. The molecule has 0 amide bonds. The quantitative estimate of drug-likeness (QED) is 0.760. The Bertz CT molecular complexity index is 295. The summed E-state index contributed by atoms with van der Waals surface area (Å²) in [5.41, 5.74) is -0.586. The summed E-state index contributed by atoms with van der Waals surface area (Å²) < 4.78 is 0. The summed E-state index contributed by atoms with van der Waals surface area (Å²) in [5, 5.41) is 21.1. The zero-order valence-corrected chi connectivity index (χ0v) is 11.2. The van der Waals surface area contributed by atoms with Crippen LogP contribution in [0.1, 0.15) is 53.9 Å². The molecule has 2 N–H and O–H groups in total. The summed E-state index contributed by atoms with van der Waals surface area (Å²) in [4.78, 5) is 0. The smallest absolute Gasteiger partial charge is 0.0672 e. The first-order valence-electron chi connectivity index (χ1n) is 6.59. The van der Waals surface area contributed by atoms with Gasteiger partial charge >= 0.3 is 0 Å². The maximum atomic E-state index is 10.6. The van der Waals surface area contributed by atoms with Gasteiger partial charge in [0.1, 0.15) is 0 Å². The zero-order chi connectivity index (χ0) is 12.4. The molecule has 5 atom stereocenters. The van der Waals surface area contributed by atoms with E-state index in [-0.39, 0.29) is 22.9 Å². The largest absolute Gasteiger partial charge is 0.392 e. The number of hydrogen-bond acceptors (Lipinski definition) is 2. The SMILES string of the molecule is CCC(C)(O)C1[C@H]2CC[C@](C)([C@H]1O)C2(C)C. The fourth-order valence-electron chi connectivity index (χ4n) is 4.34. The van der Waals surface area contributed by atoms with E-state index in [1.54, 1.807) is 0 Å². The van der Waals surface area contributed by atoms with E-state index in [1.165, 1.54) is 0 Å². The van der Waals surface area contributed by atoms with Gasteiger partial charge in [-0.05, 0) is 42.9 Å². The van der Waals surface area contributed by atoms with E-state index in [4.69, 9.17) is 0 Å². The van der Waals surface area contributed by atoms with Crippen molar-refractivity contribution in [1.82, 2.24) is 0 Å². The van der Waals surface area contributed by atoms with Gasteiger partial charge in [-0.2, -0.15) is 0 Å². The van der Waals surface area contributed by atoms with Gasteiger partial charge in [0.25, 0.3) is 0 Å². The second kappa shape index (κ2) is 3.23. The predicted octanol–water partition coefficient (Wildman–Crippen LogP) is 2.58. The minimum Gasteiger partial charge on any atom is -0.392 e. The van der Waals surface area contributed by atoms with Crippen molar-refractivity contribution in [2.24, 2.45) is 22.7 Å². The third kappa shape index (κ3) is 1.20. The molecule has 2 fully saturated rings. The Kier molecular flexibility index (Phi) is 2.50. The van der Waals surface area contributed by atoms with Crippen LogP contribution in [0, 0.1) is 22.7 Å². The van der Waals surface area contributed by atoms with Crippen molar-refractivity contribution in [3.63, 3.8) is 0 Å². The van der Waals surface area contributed by atoms with E-state index in [0.717, 1.165) is 19.3 Å². The Balaban J connectivity index is 2.40. The summed E-state index contributed by atoms with van der Waals surface area (Å²) in [5.74, 6) is 0.508. The molecule has 0 radical (unpaired) electrons. The van der Waals surface area contributed by atoms with Crippen molar-refractivity contribution in [1.29, 1.82) is 0 Å². The van der Waals surface area contributed by atoms with E-state index in [0.29, 0.717) is 5.92 Å². The number of aliphatic hydroxyl groups is 2. The van der Waals surface area contributed by atoms with Crippen LogP contribution in [0.15, 0.2) is 0 Å². The Morgan fingerprint density at radius 3 is 2.25 bits per heavy atom. The maximum absolute atomic E-state index is 10.6. The molecule has 2 rings (SSSR count). The molecule has 94 valence electrons. The van der Waals surface area contributed by atoms with Crippen molar-refractivity contribution < 1.29 is 10.2 Å². The fraction of sp³-hybridized carbons (Fsp3) is 1.00. The van der Waals surface area contributed by atoms with Crippen LogP contribution in [0.25, 0.3) is 0 Å². The molecule has 2 aliphatic rings. The Morgan fingerprint density at radius 2 is 1.88 bits per heavy atom. The van der Waals surface area contributed by atoms with Gasteiger partial charge in [0, 0.05) is 5.92 Å². The van der Waals surface area contributed by atoms with Gasteiger partial charge in [-0.3, -0.25) is 0 Å². The fourth-order valence-corrected chi connectivity index (χ4v) is 4.34. The van der Waals surface area contributed by atoms with Gasteiger partial charge in [-0.15, -0.1) is 0 Å². The van der Waals surface area contributed by atoms with Gasteiger partial charge in [-0.25, -0.2) is 0 Å². The van der Waals surface area contributed by atoms with Gasteiger partial charge in [0.2, 0.25) is 0 Å². The minimum absolute atomic E-state index is 0.0124. The maximum Gasteiger partial charge on any atom is 0.0672 e. The van der Waals surface area contributed by atoms with Crippen LogP contribution in [0.5, 0.6) is 0 Å². The van der Waals surface area contributed by atoms with Crippen molar-refractivity contribution in [3.8, 4) is 0 Å². The summed E-state index contributed by atoms with van der Waals surface area (Å²) >= 11 is 0. The molecular formula is C14H26O2. The average molecular weight is 226 g/mol. The van der Waals surface area contributed by atoms with Gasteiger partial charge in [0.15, 0.2) is 0 Å². The molecule has 16 heavy (non-hydrogen) atoms. The van der Waals surface area contributed by atoms with Gasteiger partial charge in [-0.1, -0.05) is 27.7 Å². The minimum atomic E-state index is -0.723. The number of fused-ring (bicyclic) bond motifs is 2. The molecule has 0 aromatic heterocycles. The molecule has 0 spiro atoms. The molecule has 2 saturated carbocycles. The van der Waals surface area contributed by atoms with Crippen molar-refractivity contribution >= 4 is 0 Å². The zero-order valence-electron chi connectivity index (χ0n) is 11.2. The highest BCUT2D eigenvalue weighted by atomic mass is 16.3. The third-order valence-corrected chi connectivity index (χ3v) is 6.23. The standard InChI is InChI=1S/C14H26O2/c1-6-14(5,16)10-9-7-8-13(4,11(10)15)12(9,2)3/h9-11,15-16H,6-8H2,1-5H3/t9-,10?,11+,13-,14?/m1/s1. The summed E-state index contributed by atoms with van der Waals surface area (Å²) in [6.07, 6.45) is 2.62. The Labute approximate surface area is 99.1 Å². The lowest BCUT2D eigenvalue weighted by Gasteiger charge is -2.41. The summed E-state index contributed by atoms with van der Waals surface area (Å²) in [6.45, 7) is 10.6. The van der Waals surface area contributed by atoms with Crippen LogP contribution in [0.4, 0.5) is 0 Å². The average Bonchev–Trinajstić information content (AvgIpc) is 2.49. The molecule has 0 saturated heterocycles. The highest BCUT2D eigenvalue weighted by Gasteiger charge is 2.68. The van der Waals surface area contributed by atoms with Crippen molar-refractivity contribution in [3.05, 3.63) is 0 Å². The van der Waals surface area contributed by atoms with Crippen LogP contribution < -0.4 is 0 Å². The number of aliphatic hydroxyl groups excluding tert-OH is 1. The van der Waals surface area contributed by atoms with Gasteiger partial charge in [0.05, 0.1) is 11.7 Å².